The van der Waals surface area contributed by atoms with Crippen LogP contribution in [0.25, 0.3) is 0 Å². The molecule has 10 nitrogen and oxygen atoms in total. The first-order valence-electron chi connectivity index (χ1n) is 8.46. The van der Waals surface area contributed by atoms with E-state index in [-0.39, 0.29) is 36.6 Å². The van der Waals surface area contributed by atoms with Crippen LogP contribution in [0, 0.1) is 24.2 Å². The van der Waals surface area contributed by atoms with Crippen molar-refractivity contribution in [1.82, 2.24) is 14.7 Å². The maximum absolute atomic E-state index is 12.2. The highest BCUT2D eigenvalue weighted by Crippen LogP contribution is 2.17. The van der Waals surface area contributed by atoms with Crippen LogP contribution in [0.4, 0.5) is 5.82 Å². The molecular formula is C17H21N7O3. The van der Waals surface area contributed by atoms with Crippen molar-refractivity contribution < 1.29 is 14.4 Å². The van der Waals surface area contributed by atoms with E-state index in [1.807, 2.05) is 13.0 Å². The number of nitriles is 1. The van der Waals surface area contributed by atoms with Gasteiger partial charge in [0.1, 0.15) is 5.82 Å². The molecule has 3 amide bonds. The van der Waals surface area contributed by atoms with Crippen molar-refractivity contribution in [3.63, 3.8) is 0 Å². The quantitative estimate of drug-likeness (QED) is 0.779. The molecular weight excluding hydrogens is 350 g/mol. The van der Waals surface area contributed by atoms with E-state index < -0.39 is 11.8 Å². The van der Waals surface area contributed by atoms with Gasteiger partial charge in [0.2, 0.25) is 0 Å². The molecule has 0 radical (unpaired) electrons. The van der Waals surface area contributed by atoms with Crippen molar-refractivity contribution in [2.75, 3.05) is 18.9 Å². The molecule has 0 spiro atoms. The normalized spacial score (nSPS) is 16.3. The summed E-state index contributed by atoms with van der Waals surface area (Å²) in [6, 6.07) is 3.46. The highest BCUT2D eigenvalue weighted by molar-refractivity contribution is 6.39. The van der Waals surface area contributed by atoms with Gasteiger partial charge in [0.15, 0.2) is 0 Å². The summed E-state index contributed by atoms with van der Waals surface area (Å²) in [7, 11) is 1.43. The van der Waals surface area contributed by atoms with Gasteiger partial charge < -0.3 is 10.2 Å². The number of aromatic nitrogens is 2. The number of carbonyl (C=O) groups is 3. The topological polar surface area (TPSA) is 133 Å². The first kappa shape index (κ1) is 20.0. The third-order valence-corrected chi connectivity index (χ3v) is 4.06. The lowest BCUT2D eigenvalue weighted by Gasteiger charge is -2.18. The number of aliphatic imine (C=N–C) groups is 2. The Bertz CT molecular complexity index is 876. The van der Waals surface area contributed by atoms with Crippen LogP contribution in [0.2, 0.25) is 0 Å². The molecule has 0 aliphatic carbocycles. The summed E-state index contributed by atoms with van der Waals surface area (Å²) in [6.07, 6.45) is 0.717. The van der Waals surface area contributed by atoms with Crippen LogP contribution in [0.3, 0.4) is 0 Å². The van der Waals surface area contributed by atoms with Crippen LogP contribution >= 0.6 is 0 Å². The molecule has 2 rings (SSSR count). The maximum Gasteiger partial charge on any atom is 0.315 e. The number of carbonyl (C=O) groups excluding carboxylic acids is 3. The minimum Gasteiger partial charge on any atom is -0.336 e. The van der Waals surface area contributed by atoms with Crippen LogP contribution in [0.1, 0.15) is 32.4 Å². The number of aryl methyl sites for hydroxylation is 1. The van der Waals surface area contributed by atoms with Gasteiger partial charge in [-0.15, -0.1) is 0 Å². The molecule has 27 heavy (non-hydrogen) atoms. The number of hydrogen-bond donors (Lipinski definition) is 1. The Morgan fingerprint density at radius 1 is 1.37 bits per heavy atom. The average molecular weight is 371 g/mol. The van der Waals surface area contributed by atoms with Crippen LogP contribution < -0.4 is 5.32 Å². The number of amides is 3. The number of rotatable bonds is 4. The Labute approximate surface area is 156 Å². The van der Waals surface area contributed by atoms with Gasteiger partial charge in [-0.3, -0.25) is 14.4 Å². The second kappa shape index (κ2) is 8.35. The van der Waals surface area contributed by atoms with Crippen molar-refractivity contribution in [2.24, 2.45) is 15.9 Å². The molecule has 1 aromatic rings. The molecule has 0 aromatic carbocycles. The van der Waals surface area contributed by atoms with Gasteiger partial charge >= 0.3 is 11.8 Å². The Balaban J connectivity index is 2.24. The smallest absolute Gasteiger partial charge is 0.315 e. The van der Waals surface area contributed by atoms with Crippen LogP contribution in [0.15, 0.2) is 16.1 Å². The summed E-state index contributed by atoms with van der Waals surface area (Å²) in [5, 5.41) is 15.3. The van der Waals surface area contributed by atoms with E-state index in [9.17, 15) is 14.4 Å². The number of nitrogens with zero attached hydrogens (tertiary/aromatic N) is 6. The van der Waals surface area contributed by atoms with E-state index in [1.165, 1.54) is 11.7 Å². The van der Waals surface area contributed by atoms with E-state index in [4.69, 9.17) is 5.26 Å². The minimum absolute atomic E-state index is 0.0379. The first-order valence-corrected chi connectivity index (χ1v) is 8.46. The lowest BCUT2D eigenvalue weighted by molar-refractivity contribution is -0.142. The zero-order valence-corrected chi connectivity index (χ0v) is 15.7. The molecule has 1 unspecified atom stereocenters. The largest absolute Gasteiger partial charge is 0.336 e. The Kier molecular flexibility index (Phi) is 6.18. The zero-order chi connectivity index (χ0) is 20.1. The number of anilines is 1. The molecule has 0 saturated carbocycles. The average Bonchev–Trinajstić information content (AvgIpc) is 2.98. The van der Waals surface area contributed by atoms with E-state index in [0.717, 1.165) is 4.90 Å². The van der Waals surface area contributed by atoms with Gasteiger partial charge in [-0.1, -0.05) is 6.92 Å². The minimum atomic E-state index is -0.883. The predicted molar refractivity (Wildman–Crippen MR) is 98.2 cm³/mol. The molecule has 1 atom stereocenters. The summed E-state index contributed by atoms with van der Waals surface area (Å²) >= 11 is 0. The molecule has 0 saturated heterocycles. The maximum atomic E-state index is 12.2. The van der Waals surface area contributed by atoms with E-state index >= 15 is 0 Å². The Morgan fingerprint density at radius 3 is 2.67 bits per heavy atom. The fourth-order valence-corrected chi connectivity index (χ4v) is 2.58. The standard InChI is InChI=1S/C17H21N7O3/c1-5-12-11(3)19-17(21-14(12)25)24-13(9-10(2)22-24)20-15(26)16(27)23(4)8-6-7-18/h9,12H,5-6,8H2,1-4H3,(H,20,26). The molecule has 0 fully saturated rings. The summed E-state index contributed by atoms with van der Waals surface area (Å²) in [5.41, 5.74) is 1.17. The summed E-state index contributed by atoms with van der Waals surface area (Å²) < 4.78 is 1.23. The van der Waals surface area contributed by atoms with E-state index in [0.29, 0.717) is 17.8 Å². The number of hydrogen-bond acceptors (Lipinski definition) is 6. The van der Waals surface area contributed by atoms with Crippen LogP contribution in [-0.4, -0.2) is 57.7 Å². The summed E-state index contributed by atoms with van der Waals surface area (Å²) in [4.78, 5) is 45.9. The van der Waals surface area contributed by atoms with Crippen LogP contribution in [-0.2, 0) is 14.4 Å². The van der Waals surface area contributed by atoms with E-state index in [1.54, 1.807) is 19.9 Å². The summed E-state index contributed by atoms with van der Waals surface area (Å²) in [5.74, 6) is -2.14. The lowest BCUT2D eigenvalue weighted by Crippen LogP contribution is -2.38. The van der Waals surface area contributed by atoms with Gasteiger partial charge in [-0.2, -0.15) is 20.0 Å². The third-order valence-electron chi connectivity index (χ3n) is 4.06. The highest BCUT2D eigenvalue weighted by Gasteiger charge is 2.27. The molecule has 0 bridgehead atoms. The molecule has 10 heteroatoms. The van der Waals surface area contributed by atoms with Gasteiger partial charge in [-0.05, 0) is 20.3 Å². The molecule has 1 aliphatic rings. The number of likely N-dealkylation sites (N-methyl/N-ethyl adjacent to an activating group) is 1. The lowest BCUT2D eigenvalue weighted by atomic mass is 10.00. The van der Waals surface area contributed by atoms with E-state index in [2.05, 4.69) is 20.4 Å². The van der Waals surface area contributed by atoms with Gasteiger partial charge in [0.05, 0.1) is 24.1 Å². The molecule has 1 N–H and O–H groups in total. The zero-order valence-electron chi connectivity index (χ0n) is 15.7. The van der Waals surface area contributed by atoms with Gasteiger partial charge in [-0.25, -0.2) is 4.99 Å². The fraction of sp³-hybridized carbons (Fsp3) is 0.471. The van der Waals surface area contributed by atoms with Crippen molar-refractivity contribution in [3.8, 4) is 6.07 Å². The molecule has 1 aromatic heterocycles. The molecule has 2 heterocycles. The van der Waals surface area contributed by atoms with Crippen molar-refractivity contribution in [3.05, 3.63) is 11.8 Å². The van der Waals surface area contributed by atoms with Gasteiger partial charge in [0.25, 0.3) is 11.9 Å². The fourth-order valence-electron chi connectivity index (χ4n) is 2.58. The second-order valence-electron chi connectivity index (χ2n) is 6.14. The van der Waals surface area contributed by atoms with Crippen molar-refractivity contribution in [2.45, 2.75) is 33.6 Å². The third kappa shape index (κ3) is 4.44. The summed E-state index contributed by atoms with van der Waals surface area (Å²) in [6.45, 7) is 5.46. The SMILES string of the molecule is CCC1C(=O)N=C(n2nc(C)cc2NC(=O)C(=O)N(C)CCC#N)N=C1C. The Morgan fingerprint density at radius 2 is 2.07 bits per heavy atom. The van der Waals surface area contributed by atoms with Crippen molar-refractivity contribution in [1.29, 1.82) is 5.26 Å². The molecule has 142 valence electrons. The number of nitrogens with one attached hydrogen (secondary N) is 1. The van der Waals surface area contributed by atoms with Gasteiger partial charge in [0, 0.05) is 25.4 Å². The van der Waals surface area contributed by atoms with Crippen LogP contribution in [0.5, 0.6) is 0 Å². The predicted octanol–water partition coefficient (Wildman–Crippen LogP) is 0.733. The highest BCUT2D eigenvalue weighted by atomic mass is 16.2. The second-order valence-corrected chi connectivity index (χ2v) is 6.14. The Hall–Kier alpha value is -3.35. The first-order chi connectivity index (χ1) is 12.8. The van der Waals surface area contributed by atoms with Crippen molar-refractivity contribution >= 4 is 35.2 Å². The monoisotopic (exact) mass is 371 g/mol. The molecule has 1 aliphatic heterocycles.